The first-order chi connectivity index (χ1) is 13.5. The first-order valence-corrected chi connectivity index (χ1v) is 10.1. The molecule has 2 aromatic carbocycles. The summed E-state index contributed by atoms with van der Waals surface area (Å²) >= 11 is 3.37. The molecule has 0 spiro atoms. The van der Waals surface area contributed by atoms with Gasteiger partial charge in [-0.1, -0.05) is 29.8 Å². The molecular weight excluding hydrogens is 418 g/mol. The summed E-state index contributed by atoms with van der Waals surface area (Å²) in [5.74, 6) is 0.820. The molecule has 1 amide bonds. The van der Waals surface area contributed by atoms with Crippen LogP contribution in [0.2, 0.25) is 0 Å². The molecule has 3 rings (SSSR count). The Morgan fingerprint density at radius 2 is 1.96 bits per heavy atom. The van der Waals surface area contributed by atoms with Gasteiger partial charge in [0.1, 0.15) is 12.4 Å². The molecule has 0 fully saturated rings. The van der Waals surface area contributed by atoms with Crippen molar-refractivity contribution in [2.24, 2.45) is 0 Å². The van der Waals surface area contributed by atoms with Crippen molar-refractivity contribution in [1.29, 1.82) is 0 Å². The number of hydrogen-bond donors (Lipinski definition) is 1. The fourth-order valence-electron chi connectivity index (χ4n) is 2.88. The number of carbonyl (C=O) groups is 1. The summed E-state index contributed by atoms with van der Waals surface area (Å²) in [5.41, 5.74) is 4.02. The van der Waals surface area contributed by atoms with Gasteiger partial charge in [0.2, 0.25) is 0 Å². The highest BCUT2D eigenvalue weighted by Gasteiger charge is 2.06. The Kier molecular flexibility index (Phi) is 6.87. The van der Waals surface area contributed by atoms with Crippen molar-refractivity contribution in [2.75, 3.05) is 6.54 Å². The fraction of sp³-hybridized carbons (Fsp3) is 0.273. The van der Waals surface area contributed by atoms with E-state index in [0.717, 1.165) is 34.3 Å². The molecule has 0 saturated carbocycles. The van der Waals surface area contributed by atoms with E-state index in [2.05, 4.69) is 39.3 Å². The monoisotopic (exact) mass is 441 g/mol. The Bertz CT molecular complexity index is 935. The van der Waals surface area contributed by atoms with Gasteiger partial charge in [0.25, 0.3) is 5.91 Å². The van der Waals surface area contributed by atoms with E-state index in [-0.39, 0.29) is 5.91 Å². The molecule has 28 heavy (non-hydrogen) atoms. The maximum absolute atomic E-state index is 12.3. The molecule has 0 radical (unpaired) electrons. The van der Waals surface area contributed by atoms with Crippen LogP contribution in [-0.2, 0) is 13.2 Å². The number of ether oxygens (including phenoxy) is 1. The topological polar surface area (TPSA) is 56.1 Å². The van der Waals surface area contributed by atoms with Crippen LogP contribution in [0.4, 0.5) is 0 Å². The molecule has 1 aromatic heterocycles. The van der Waals surface area contributed by atoms with Crippen LogP contribution in [0.15, 0.2) is 59.3 Å². The van der Waals surface area contributed by atoms with Crippen molar-refractivity contribution in [3.63, 3.8) is 0 Å². The van der Waals surface area contributed by atoms with Crippen LogP contribution in [0.3, 0.4) is 0 Å². The zero-order valence-electron chi connectivity index (χ0n) is 16.1. The van der Waals surface area contributed by atoms with Gasteiger partial charge in [0, 0.05) is 24.8 Å². The predicted octanol–water partition coefficient (Wildman–Crippen LogP) is 4.66. The Balaban J connectivity index is 1.44. The number of halogens is 1. The Labute approximate surface area is 173 Å². The maximum atomic E-state index is 12.3. The molecule has 0 saturated heterocycles. The molecule has 1 heterocycles. The number of nitrogens with one attached hydrogen (secondary N) is 1. The molecule has 3 aromatic rings. The van der Waals surface area contributed by atoms with Crippen LogP contribution < -0.4 is 10.1 Å². The normalized spacial score (nSPS) is 10.7. The quantitative estimate of drug-likeness (QED) is 0.517. The largest absolute Gasteiger partial charge is 0.489 e. The molecule has 0 aliphatic carbocycles. The molecule has 0 atom stereocenters. The van der Waals surface area contributed by atoms with Crippen LogP contribution in [0, 0.1) is 13.8 Å². The summed E-state index contributed by atoms with van der Waals surface area (Å²) < 4.78 is 8.69. The Morgan fingerprint density at radius 3 is 2.64 bits per heavy atom. The summed E-state index contributed by atoms with van der Waals surface area (Å²) in [6, 6.07) is 13.7. The van der Waals surface area contributed by atoms with Crippen molar-refractivity contribution in [3.8, 4) is 5.75 Å². The highest BCUT2D eigenvalue weighted by Crippen LogP contribution is 2.20. The summed E-state index contributed by atoms with van der Waals surface area (Å²) in [5, 5.41) is 7.14. The fourth-order valence-corrected chi connectivity index (χ4v) is 3.21. The lowest BCUT2D eigenvalue weighted by Gasteiger charge is -2.10. The molecule has 146 valence electrons. The van der Waals surface area contributed by atoms with E-state index in [1.54, 1.807) is 6.20 Å². The van der Waals surface area contributed by atoms with Gasteiger partial charge in [-0.2, -0.15) is 5.10 Å². The summed E-state index contributed by atoms with van der Waals surface area (Å²) in [6.07, 6.45) is 4.49. The van der Waals surface area contributed by atoms with Gasteiger partial charge in [0.05, 0.1) is 10.7 Å². The van der Waals surface area contributed by atoms with Gasteiger partial charge < -0.3 is 10.1 Å². The predicted molar refractivity (Wildman–Crippen MR) is 114 cm³/mol. The number of aromatic nitrogens is 2. The third-order valence-electron chi connectivity index (χ3n) is 4.39. The number of carbonyl (C=O) groups excluding carboxylic acids is 1. The average molecular weight is 442 g/mol. The molecule has 0 bridgehead atoms. The van der Waals surface area contributed by atoms with Crippen LogP contribution in [0.5, 0.6) is 5.75 Å². The summed E-state index contributed by atoms with van der Waals surface area (Å²) in [7, 11) is 0. The molecule has 1 N–H and O–H groups in total. The number of nitrogens with zero attached hydrogens (tertiary/aromatic N) is 2. The van der Waals surface area contributed by atoms with Crippen molar-refractivity contribution < 1.29 is 9.53 Å². The van der Waals surface area contributed by atoms with Gasteiger partial charge in [-0.25, -0.2) is 0 Å². The van der Waals surface area contributed by atoms with E-state index < -0.39 is 0 Å². The summed E-state index contributed by atoms with van der Waals surface area (Å²) in [6.45, 7) is 5.96. The molecule has 6 heteroatoms. The second-order valence-electron chi connectivity index (χ2n) is 6.79. The smallest absolute Gasteiger partial charge is 0.251 e. The van der Waals surface area contributed by atoms with Gasteiger partial charge in [0.15, 0.2) is 0 Å². The second kappa shape index (κ2) is 9.55. The standard InChI is InChI=1S/C22H24BrN3O2/c1-16-4-9-21(17(2)12-16)28-15-18-5-7-19(8-6-18)22(27)24-10-3-11-26-14-20(23)13-25-26/h4-9,12-14H,3,10-11,15H2,1-2H3,(H,24,27). The first kappa shape index (κ1) is 20.1. The highest BCUT2D eigenvalue weighted by atomic mass is 79.9. The van der Waals surface area contributed by atoms with Crippen molar-refractivity contribution in [1.82, 2.24) is 15.1 Å². The minimum atomic E-state index is -0.0662. The van der Waals surface area contributed by atoms with E-state index >= 15 is 0 Å². The zero-order chi connectivity index (χ0) is 19.9. The van der Waals surface area contributed by atoms with Crippen molar-refractivity contribution in [3.05, 3.63) is 81.6 Å². The van der Waals surface area contributed by atoms with E-state index in [4.69, 9.17) is 4.74 Å². The van der Waals surface area contributed by atoms with Crippen LogP contribution >= 0.6 is 15.9 Å². The lowest BCUT2D eigenvalue weighted by molar-refractivity contribution is 0.0952. The lowest BCUT2D eigenvalue weighted by Crippen LogP contribution is -2.25. The third-order valence-corrected chi connectivity index (χ3v) is 4.80. The Hall–Kier alpha value is -2.60. The molecule has 0 unspecified atom stereocenters. The molecule has 5 nitrogen and oxygen atoms in total. The maximum Gasteiger partial charge on any atom is 0.251 e. The number of benzene rings is 2. The first-order valence-electron chi connectivity index (χ1n) is 9.26. The second-order valence-corrected chi connectivity index (χ2v) is 7.70. The van der Waals surface area contributed by atoms with Gasteiger partial charge >= 0.3 is 0 Å². The molecule has 0 aliphatic rings. The van der Waals surface area contributed by atoms with Crippen LogP contribution in [0.1, 0.15) is 33.5 Å². The van der Waals surface area contributed by atoms with Crippen LogP contribution in [0.25, 0.3) is 0 Å². The highest BCUT2D eigenvalue weighted by molar-refractivity contribution is 9.10. The average Bonchev–Trinajstić information content (AvgIpc) is 3.10. The van der Waals surface area contributed by atoms with E-state index in [0.29, 0.717) is 18.7 Å². The van der Waals surface area contributed by atoms with Crippen molar-refractivity contribution >= 4 is 21.8 Å². The lowest BCUT2D eigenvalue weighted by atomic mass is 10.1. The zero-order valence-corrected chi connectivity index (χ0v) is 17.7. The van der Waals surface area contributed by atoms with Crippen molar-refractivity contribution in [2.45, 2.75) is 33.4 Å². The number of hydrogen-bond acceptors (Lipinski definition) is 3. The SMILES string of the molecule is Cc1ccc(OCc2ccc(C(=O)NCCCn3cc(Br)cn3)cc2)c(C)c1. The van der Waals surface area contributed by atoms with E-state index in [1.807, 2.05) is 54.2 Å². The Morgan fingerprint density at radius 1 is 1.18 bits per heavy atom. The third kappa shape index (κ3) is 5.70. The molecule has 0 aliphatic heterocycles. The van der Waals surface area contributed by atoms with Gasteiger partial charge in [-0.15, -0.1) is 0 Å². The number of rotatable bonds is 8. The minimum Gasteiger partial charge on any atom is -0.489 e. The summed E-state index contributed by atoms with van der Waals surface area (Å²) in [4.78, 5) is 12.3. The molecular formula is C22H24BrN3O2. The van der Waals surface area contributed by atoms with Gasteiger partial charge in [-0.3, -0.25) is 9.48 Å². The van der Waals surface area contributed by atoms with Gasteiger partial charge in [-0.05, 0) is 65.5 Å². The van der Waals surface area contributed by atoms with E-state index in [9.17, 15) is 4.79 Å². The van der Waals surface area contributed by atoms with E-state index in [1.165, 1.54) is 5.56 Å². The van der Waals surface area contributed by atoms with Crippen LogP contribution in [-0.4, -0.2) is 22.2 Å². The minimum absolute atomic E-state index is 0.0662. The number of amides is 1. The number of aryl methyl sites for hydroxylation is 3.